The molecular weight excluding hydrogens is 250 g/mol. The van der Waals surface area contributed by atoms with E-state index in [0.29, 0.717) is 17.9 Å². The zero-order valence-electron chi connectivity index (χ0n) is 11.9. The minimum atomic E-state index is -0.0526. The molecule has 1 heterocycles. The predicted octanol–water partition coefficient (Wildman–Crippen LogP) is 3.80. The maximum Gasteiger partial charge on any atom is 0.211 e. The molecule has 0 bridgehead atoms. The van der Waals surface area contributed by atoms with Gasteiger partial charge in [-0.3, -0.25) is 9.78 Å². The molecule has 2 rings (SSSR count). The number of ketones is 1. The molecule has 1 aromatic carbocycles. The van der Waals surface area contributed by atoms with Crippen LogP contribution in [0.15, 0.2) is 42.6 Å². The van der Waals surface area contributed by atoms with Crippen LogP contribution < -0.4 is 4.74 Å². The fraction of sp³-hybridized carbons (Fsp3) is 0.294. The van der Waals surface area contributed by atoms with Gasteiger partial charge in [0, 0.05) is 11.8 Å². The van der Waals surface area contributed by atoms with Crippen molar-refractivity contribution in [3.63, 3.8) is 0 Å². The van der Waals surface area contributed by atoms with E-state index in [0.717, 1.165) is 24.2 Å². The average molecular weight is 269 g/mol. The molecule has 0 unspecified atom stereocenters. The lowest BCUT2D eigenvalue weighted by Gasteiger charge is -2.07. The molecule has 1 aromatic heterocycles. The Hall–Kier alpha value is -2.16. The Morgan fingerprint density at radius 3 is 2.60 bits per heavy atom. The first kappa shape index (κ1) is 14.3. The normalized spacial score (nSPS) is 10.3. The molecule has 0 saturated carbocycles. The van der Waals surface area contributed by atoms with Crippen molar-refractivity contribution in [2.75, 3.05) is 6.61 Å². The summed E-state index contributed by atoms with van der Waals surface area (Å²) in [6, 6.07) is 11.0. The molecule has 20 heavy (non-hydrogen) atoms. The maximum atomic E-state index is 12.3. The number of nitrogens with zero attached hydrogens (tertiary/aromatic N) is 1. The average Bonchev–Trinajstić information content (AvgIpc) is 2.48. The smallest absolute Gasteiger partial charge is 0.211 e. The van der Waals surface area contributed by atoms with Gasteiger partial charge >= 0.3 is 0 Å². The van der Waals surface area contributed by atoms with Gasteiger partial charge in [-0.05, 0) is 49.2 Å². The van der Waals surface area contributed by atoms with Gasteiger partial charge in [0.1, 0.15) is 11.4 Å². The second kappa shape index (κ2) is 6.85. The Kier molecular flexibility index (Phi) is 4.88. The SMILES string of the molecule is CCCCOc1ccc(C(=O)c2ncccc2C)cc1. The van der Waals surface area contributed by atoms with Gasteiger partial charge in [0.05, 0.1) is 6.61 Å². The molecule has 0 aliphatic heterocycles. The molecule has 3 nitrogen and oxygen atoms in total. The summed E-state index contributed by atoms with van der Waals surface area (Å²) >= 11 is 0. The lowest BCUT2D eigenvalue weighted by Crippen LogP contribution is -2.06. The number of unbranched alkanes of at least 4 members (excludes halogenated alkanes) is 1. The van der Waals surface area contributed by atoms with Gasteiger partial charge < -0.3 is 4.74 Å². The van der Waals surface area contributed by atoms with E-state index in [4.69, 9.17) is 4.74 Å². The first-order valence-corrected chi connectivity index (χ1v) is 6.91. The van der Waals surface area contributed by atoms with Crippen LogP contribution in [-0.4, -0.2) is 17.4 Å². The number of pyridine rings is 1. The lowest BCUT2D eigenvalue weighted by molar-refractivity contribution is 0.103. The van der Waals surface area contributed by atoms with Crippen LogP contribution in [0.3, 0.4) is 0 Å². The molecule has 2 aromatic rings. The molecule has 0 amide bonds. The van der Waals surface area contributed by atoms with Crippen molar-refractivity contribution in [3.05, 3.63) is 59.4 Å². The molecule has 0 atom stereocenters. The molecule has 0 aliphatic carbocycles. The number of carbonyl (C=O) groups is 1. The van der Waals surface area contributed by atoms with Gasteiger partial charge in [-0.2, -0.15) is 0 Å². The third-order valence-corrected chi connectivity index (χ3v) is 3.11. The summed E-state index contributed by atoms with van der Waals surface area (Å²) in [4.78, 5) is 16.5. The van der Waals surface area contributed by atoms with Gasteiger partial charge in [0.25, 0.3) is 0 Å². The summed E-state index contributed by atoms with van der Waals surface area (Å²) in [5.41, 5.74) is 2.03. The van der Waals surface area contributed by atoms with E-state index in [1.165, 1.54) is 0 Å². The monoisotopic (exact) mass is 269 g/mol. The first-order valence-electron chi connectivity index (χ1n) is 6.91. The van der Waals surface area contributed by atoms with Crippen LogP contribution in [0, 0.1) is 6.92 Å². The van der Waals surface area contributed by atoms with Gasteiger partial charge in [-0.1, -0.05) is 19.4 Å². The standard InChI is InChI=1S/C17H19NO2/c1-3-4-12-20-15-9-7-14(8-10-15)17(19)16-13(2)6-5-11-18-16/h5-11H,3-4,12H2,1-2H3. The zero-order chi connectivity index (χ0) is 14.4. The van der Waals surface area contributed by atoms with Crippen molar-refractivity contribution < 1.29 is 9.53 Å². The van der Waals surface area contributed by atoms with E-state index in [-0.39, 0.29) is 5.78 Å². The second-order valence-corrected chi connectivity index (χ2v) is 4.72. The summed E-state index contributed by atoms with van der Waals surface area (Å²) in [5, 5.41) is 0. The molecule has 0 spiro atoms. The molecule has 0 aliphatic rings. The molecular formula is C17H19NO2. The Balaban J connectivity index is 2.10. The van der Waals surface area contributed by atoms with E-state index < -0.39 is 0 Å². The van der Waals surface area contributed by atoms with Gasteiger partial charge in [-0.15, -0.1) is 0 Å². The topological polar surface area (TPSA) is 39.2 Å². The number of benzene rings is 1. The Morgan fingerprint density at radius 2 is 1.95 bits per heavy atom. The largest absolute Gasteiger partial charge is 0.494 e. The third kappa shape index (κ3) is 3.44. The fourth-order valence-electron chi connectivity index (χ4n) is 1.90. The molecule has 0 radical (unpaired) electrons. The third-order valence-electron chi connectivity index (χ3n) is 3.11. The zero-order valence-corrected chi connectivity index (χ0v) is 11.9. The highest BCUT2D eigenvalue weighted by Crippen LogP contribution is 2.16. The van der Waals surface area contributed by atoms with Crippen LogP contribution in [0.25, 0.3) is 0 Å². The number of aromatic nitrogens is 1. The number of carbonyl (C=O) groups excluding carboxylic acids is 1. The van der Waals surface area contributed by atoms with Crippen molar-refractivity contribution >= 4 is 5.78 Å². The highest BCUT2D eigenvalue weighted by atomic mass is 16.5. The van der Waals surface area contributed by atoms with Crippen LogP contribution in [0.1, 0.15) is 41.4 Å². The van der Waals surface area contributed by atoms with Crippen molar-refractivity contribution in [3.8, 4) is 5.75 Å². The Labute approximate surface area is 119 Å². The van der Waals surface area contributed by atoms with E-state index in [1.54, 1.807) is 18.3 Å². The van der Waals surface area contributed by atoms with Crippen molar-refractivity contribution in [2.45, 2.75) is 26.7 Å². The van der Waals surface area contributed by atoms with Crippen LogP contribution in [-0.2, 0) is 0 Å². The Morgan fingerprint density at radius 1 is 1.20 bits per heavy atom. The van der Waals surface area contributed by atoms with E-state index >= 15 is 0 Å². The number of ether oxygens (including phenoxy) is 1. The maximum absolute atomic E-state index is 12.3. The van der Waals surface area contributed by atoms with Crippen LogP contribution in [0.4, 0.5) is 0 Å². The van der Waals surface area contributed by atoms with Crippen LogP contribution in [0.5, 0.6) is 5.75 Å². The number of hydrogen-bond donors (Lipinski definition) is 0. The van der Waals surface area contributed by atoms with Gasteiger partial charge in [0.2, 0.25) is 5.78 Å². The van der Waals surface area contributed by atoms with Crippen LogP contribution >= 0.6 is 0 Å². The number of rotatable bonds is 6. The van der Waals surface area contributed by atoms with Crippen LogP contribution in [0.2, 0.25) is 0 Å². The van der Waals surface area contributed by atoms with E-state index in [2.05, 4.69) is 11.9 Å². The van der Waals surface area contributed by atoms with Crippen molar-refractivity contribution in [1.82, 2.24) is 4.98 Å². The highest BCUT2D eigenvalue weighted by molar-refractivity contribution is 6.08. The Bertz CT molecular complexity index is 576. The molecule has 3 heteroatoms. The van der Waals surface area contributed by atoms with Crippen molar-refractivity contribution in [2.24, 2.45) is 0 Å². The molecule has 0 fully saturated rings. The van der Waals surface area contributed by atoms with E-state index in [9.17, 15) is 4.79 Å². The first-order chi connectivity index (χ1) is 9.72. The molecule has 0 N–H and O–H groups in total. The van der Waals surface area contributed by atoms with Gasteiger partial charge in [0.15, 0.2) is 0 Å². The quantitative estimate of drug-likeness (QED) is 0.591. The molecule has 0 saturated heterocycles. The van der Waals surface area contributed by atoms with Crippen molar-refractivity contribution in [1.29, 1.82) is 0 Å². The number of aryl methyl sites for hydroxylation is 1. The number of hydrogen-bond acceptors (Lipinski definition) is 3. The minimum Gasteiger partial charge on any atom is -0.494 e. The summed E-state index contributed by atoms with van der Waals surface area (Å²) in [5.74, 6) is 0.746. The highest BCUT2D eigenvalue weighted by Gasteiger charge is 2.12. The lowest BCUT2D eigenvalue weighted by atomic mass is 10.0. The minimum absolute atomic E-state index is 0.0526. The summed E-state index contributed by atoms with van der Waals surface area (Å²) in [7, 11) is 0. The van der Waals surface area contributed by atoms with Gasteiger partial charge in [-0.25, -0.2) is 0 Å². The molecule has 104 valence electrons. The second-order valence-electron chi connectivity index (χ2n) is 4.72. The summed E-state index contributed by atoms with van der Waals surface area (Å²) < 4.78 is 5.58. The summed E-state index contributed by atoms with van der Waals surface area (Å²) in [6.07, 6.45) is 3.78. The fourth-order valence-corrected chi connectivity index (χ4v) is 1.90. The predicted molar refractivity (Wildman–Crippen MR) is 79.3 cm³/mol. The summed E-state index contributed by atoms with van der Waals surface area (Å²) in [6.45, 7) is 4.73. The van der Waals surface area contributed by atoms with E-state index in [1.807, 2.05) is 31.2 Å².